The third-order valence-electron chi connectivity index (χ3n) is 4.24. The lowest BCUT2D eigenvalue weighted by molar-refractivity contribution is -0.126. The van der Waals surface area contributed by atoms with Gasteiger partial charge in [-0.1, -0.05) is 6.92 Å². The van der Waals surface area contributed by atoms with Crippen LogP contribution in [0, 0.1) is 11.6 Å². The van der Waals surface area contributed by atoms with Crippen LogP contribution in [-0.4, -0.2) is 28.9 Å². The van der Waals surface area contributed by atoms with Crippen molar-refractivity contribution >= 4 is 5.91 Å². The van der Waals surface area contributed by atoms with Gasteiger partial charge in [-0.25, -0.2) is 13.5 Å². The molecule has 0 saturated carbocycles. The first kappa shape index (κ1) is 17.5. The summed E-state index contributed by atoms with van der Waals surface area (Å²) in [5.41, 5.74) is 1.93. The number of hydrogen-bond donors (Lipinski definition) is 1. The van der Waals surface area contributed by atoms with Crippen LogP contribution in [0.5, 0.6) is 0 Å². The van der Waals surface area contributed by atoms with Crippen molar-refractivity contribution in [3.8, 4) is 5.69 Å². The molecule has 1 amide bonds. The van der Waals surface area contributed by atoms with Gasteiger partial charge in [0.25, 0.3) is 0 Å². The van der Waals surface area contributed by atoms with Crippen LogP contribution in [0.15, 0.2) is 24.4 Å². The van der Waals surface area contributed by atoms with Crippen LogP contribution in [0.2, 0.25) is 0 Å². The number of carbonyl (C=O) groups is 1. The number of nitrogens with zero attached hydrogens (tertiary/aromatic N) is 2. The lowest BCUT2D eigenvalue weighted by Crippen LogP contribution is -2.33. The van der Waals surface area contributed by atoms with Gasteiger partial charge in [-0.3, -0.25) is 4.79 Å². The summed E-state index contributed by atoms with van der Waals surface area (Å²) in [6.07, 6.45) is 4.88. The van der Waals surface area contributed by atoms with Crippen molar-refractivity contribution in [2.75, 3.05) is 13.2 Å². The molecule has 1 aliphatic carbocycles. The molecule has 0 spiro atoms. The molecular formula is C18H21F2N3O2. The zero-order valence-corrected chi connectivity index (χ0v) is 14.1. The van der Waals surface area contributed by atoms with E-state index in [2.05, 4.69) is 10.4 Å². The van der Waals surface area contributed by atoms with E-state index in [0.717, 1.165) is 43.0 Å². The maximum atomic E-state index is 14.1. The van der Waals surface area contributed by atoms with Gasteiger partial charge in [0.1, 0.15) is 18.1 Å². The number of ether oxygens (including phenoxy) is 1. The molecule has 5 nitrogen and oxygen atoms in total. The molecule has 0 unspecified atom stereocenters. The average Bonchev–Trinajstić information content (AvgIpc) is 3.00. The van der Waals surface area contributed by atoms with Gasteiger partial charge in [0.05, 0.1) is 12.2 Å². The molecule has 1 aliphatic rings. The fourth-order valence-corrected chi connectivity index (χ4v) is 3.11. The second-order valence-corrected chi connectivity index (χ2v) is 6.12. The van der Waals surface area contributed by atoms with Crippen LogP contribution in [0.3, 0.4) is 0 Å². The number of nitrogens with one attached hydrogen (secondary N) is 1. The second kappa shape index (κ2) is 7.74. The van der Waals surface area contributed by atoms with Crippen LogP contribution in [0.1, 0.15) is 43.5 Å². The summed E-state index contributed by atoms with van der Waals surface area (Å²) in [5.74, 6) is -1.46. The minimum absolute atomic E-state index is 0.0282. The summed E-state index contributed by atoms with van der Waals surface area (Å²) >= 11 is 0. The van der Waals surface area contributed by atoms with E-state index in [1.165, 1.54) is 16.8 Å². The molecule has 7 heteroatoms. The predicted molar refractivity (Wildman–Crippen MR) is 88.4 cm³/mol. The van der Waals surface area contributed by atoms with E-state index in [1.54, 1.807) is 6.20 Å². The molecule has 1 atom stereocenters. The van der Waals surface area contributed by atoms with Crippen molar-refractivity contribution in [2.24, 2.45) is 0 Å². The highest BCUT2D eigenvalue weighted by Gasteiger charge is 2.26. The molecule has 1 N–H and O–H groups in total. The zero-order valence-electron chi connectivity index (χ0n) is 14.1. The third-order valence-corrected chi connectivity index (χ3v) is 4.24. The molecule has 1 aromatic heterocycles. The van der Waals surface area contributed by atoms with E-state index in [0.29, 0.717) is 6.61 Å². The molecule has 134 valence electrons. The molecule has 0 aliphatic heterocycles. The SMILES string of the molecule is CCCOCC(=O)N[C@H]1CCCc2c1cnn2-c1ccc(F)cc1F. The van der Waals surface area contributed by atoms with Crippen LogP contribution < -0.4 is 5.32 Å². The standard InChI is InChI=1S/C18H21F2N3O2/c1-2-8-25-11-18(24)22-15-4-3-5-16-13(15)10-21-23(16)17-7-6-12(19)9-14(17)20/h6-7,9-10,15H,2-5,8,11H2,1H3,(H,22,24)/t15-/m0/s1. The largest absolute Gasteiger partial charge is 0.372 e. The lowest BCUT2D eigenvalue weighted by Gasteiger charge is -2.24. The van der Waals surface area contributed by atoms with Gasteiger partial charge in [0.2, 0.25) is 5.91 Å². The van der Waals surface area contributed by atoms with Gasteiger partial charge in [-0.15, -0.1) is 0 Å². The molecule has 1 heterocycles. The highest BCUT2D eigenvalue weighted by atomic mass is 19.1. The number of amides is 1. The first-order valence-electron chi connectivity index (χ1n) is 8.49. The minimum atomic E-state index is -0.662. The van der Waals surface area contributed by atoms with E-state index in [9.17, 15) is 13.6 Å². The Labute approximate surface area is 145 Å². The molecular weight excluding hydrogens is 328 g/mol. The highest BCUT2D eigenvalue weighted by Crippen LogP contribution is 2.31. The van der Waals surface area contributed by atoms with Crippen molar-refractivity contribution in [1.29, 1.82) is 0 Å². The molecule has 0 bridgehead atoms. The summed E-state index contributed by atoms with van der Waals surface area (Å²) in [6.45, 7) is 2.56. The normalized spacial score (nSPS) is 16.5. The number of halogens is 2. The van der Waals surface area contributed by atoms with E-state index >= 15 is 0 Å². The van der Waals surface area contributed by atoms with Gasteiger partial charge >= 0.3 is 0 Å². The monoisotopic (exact) mass is 349 g/mol. The number of aromatic nitrogens is 2. The first-order valence-corrected chi connectivity index (χ1v) is 8.49. The molecule has 0 radical (unpaired) electrons. The van der Waals surface area contributed by atoms with Crippen molar-refractivity contribution in [3.05, 3.63) is 47.3 Å². The Bertz CT molecular complexity index is 761. The van der Waals surface area contributed by atoms with Crippen LogP contribution in [0.25, 0.3) is 5.69 Å². The van der Waals surface area contributed by atoms with Crippen LogP contribution >= 0.6 is 0 Å². The van der Waals surface area contributed by atoms with Crippen molar-refractivity contribution in [3.63, 3.8) is 0 Å². The van der Waals surface area contributed by atoms with E-state index in [-0.39, 0.29) is 24.2 Å². The predicted octanol–water partition coefficient (Wildman–Crippen LogP) is 3.07. The van der Waals surface area contributed by atoms with E-state index in [4.69, 9.17) is 4.74 Å². The summed E-state index contributed by atoms with van der Waals surface area (Å²) in [4.78, 5) is 12.0. The topological polar surface area (TPSA) is 56.1 Å². The molecule has 3 rings (SSSR count). The average molecular weight is 349 g/mol. The van der Waals surface area contributed by atoms with Crippen LogP contribution in [0.4, 0.5) is 8.78 Å². The smallest absolute Gasteiger partial charge is 0.246 e. The highest BCUT2D eigenvalue weighted by molar-refractivity contribution is 5.77. The van der Waals surface area contributed by atoms with E-state index in [1.807, 2.05) is 6.92 Å². The van der Waals surface area contributed by atoms with Crippen LogP contribution in [-0.2, 0) is 16.0 Å². The quantitative estimate of drug-likeness (QED) is 0.816. The fraction of sp³-hybridized carbons (Fsp3) is 0.444. The summed E-state index contributed by atoms with van der Waals surface area (Å²) < 4.78 is 34.0. The third kappa shape index (κ3) is 3.87. The second-order valence-electron chi connectivity index (χ2n) is 6.12. The fourth-order valence-electron chi connectivity index (χ4n) is 3.11. The maximum absolute atomic E-state index is 14.1. The number of carbonyl (C=O) groups excluding carboxylic acids is 1. The van der Waals surface area contributed by atoms with Gasteiger partial charge in [-0.2, -0.15) is 5.10 Å². The Morgan fingerprint density at radius 1 is 1.44 bits per heavy atom. The molecule has 25 heavy (non-hydrogen) atoms. The molecule has 0 fully saturated rings. The molecule has 0 saturated heterocycles. The molecule has 1 aromatic carbocycles. The van der Waals surface area contributed by atoms with Crippen molar-refractivity contribution in [2.45, 2.75) is 38.6 Å². The van der Waals surface area contributed by atoms with Crippen molar-refractivity contribution < 1.29 is 18.3 Å². The first-order chi connectivity index (χ1) is 12.1. The Kier molecular flexibility index (Phi) is 5.43. The zero-order chi connectivity index (χ0) is 17.8. The van der Waals surface area contributed by atoms with Gasteiger partial charge in [-0.05, 0) is 37.8 Å². The number of fused-ring (bicyclic) bond motifs is 1. The van der Waals surface area contributed by atoms with Gasteiger partial charge < -0.3 is 10.1 Å². The summed E-state index contributed by atoms with van der Waals surface area (Å²) in [6, 6.07) is 3.26. The Morgan fingerprint density at radius 2 is 2.28 bits per heavy atom. The minimum Gasteiger partial charge on any atom is -0.372 e. The maximum Gasteiger partial charge on any atom is 0.246 e. The van der Waals surface area contributed by atoms with Gasteiger partial charge in [0, 0.05) is 23.9 Å². The van der Waals surface area contributed by atoms with Crippen molar-refractivity contribution in [1.82, 2.24) is 15.1 Å². The summed E-state index contributed by atoms with van der Waals surface area (Å²) in [5, 5.41) is 7.21. The number of hydrogen-bond acceptors (Lipinski definition) is 3. The Morgan fingerprint density at radius 3 is 3.04 bits per heavy atom. The number of benzene rings is 1. The molecule has 2 aromatic rings. The van der Waals surface area contributed by atoms with E-state index < -0.39 is 11.6 Å². The van der Waals surface area contributed by atoms with Gasteiger partial charge in [0.15, 0.2) is 5.82 Å². The lowest BCUT2D eigenvalue weighted by atomic mass is 9.93. The number of rotatable bonds is 6. The summed E-state index contributed by atoms with van der Waals surface area (Å²) in [7, 11) is 0. The Balaban J connectivity index is 1.79. The Hall–Kier alpha value is -2.28.